The van der Waals surface area contributed by atoms with Gasteiger partial charge >= 0.3 is 6.03 Å². The van der Waals surface area contributed by atoms with Gasteiger partial charge in [-0.1, -0.05) is 6.07 Å². The molecule has 0 aromatic heterocycles. The summed E-state index contributed by atoms with van der Waals surface area (Å²) in [7, 11) is 0. The molecule has 2 heterocycles. The summed E-state index contributed by atoms with van der Waals surface area (Å²) >= 11 is 0. The van der Waals surface area contributed by atoms with E-state index in [2.05, 4.69) is 22.0 Å². The van der Waals surface area contributed by atoms with Gasteiger partial charge in [-0.25, -0.2) is 4.79 Å². The summed E-state index contributed by atoms with van der Waals surface area (Å²) in [6.07, 6.45) is 4.44. The number of nitrogens with zero attached hydrogens (tertiary/aromatic N) is 1. The van der Waals surface area contributed by atoms with Crippen molar-refractivity contribution in [1.82, 2.24) is 10.6 Å². The Balaban J connectivity index is 1.56. The van der Waals surface area contributed by atoms with Crippen LogP contribution in [0.25, 0.3) is 0 Å². The monoisotopic (exact) mass is 270 g/mol. The minimum Gasteiger partial charge on any atom is -0.335 e. The zero-order valence-electron chi connectivity index (χ0n) is 11.2. The molecule has 5 nitrogen and oxygen atoms in total. The van der Waals surface area contributed by atoms with E-state index in [1.54, 1.807) is 24.3 Å². The Morgan fingerprint density at radius 2 is 2.05 bits per heavy atom. The number of rotatable bonds is 2. The van der Waals surface area contributed by atoms with Crippen molar-refractivity contribution in [3.8, 4) is 6.07 Å². The lowest BCUT2D eigenvalue weighted by atomic mass is 10.0. The summed E-state index contributed by atoms with van der Waals surface area (Å²) in [5.74, 6) is 0. The Labute approximate surface area is 118 Å². The molecule has 2 atom stereocenters. The second kappa shape index (κ2) is 5.51. The van der Waals surface area contributed by atoms with Crippen LogP contribution in [0.15, 0.2) is 24.3 Å². The largest absolute Gasteiger partial charge is 0.335 e. The second-order valence-corrected chi connectivity index (χ2v) is 5.60. The van der Waals surface area contributed by atoms with Gasteiger partial charge in [-0.15, -0.1) is 0 Å². The van der Waals surface area contributed by atoms with Gasteiger partial charge in [-0.3, -0.25) is 0 Å². The second-order valence-electron chi connectivity index (χ2n) is 5.60. The van der Waals surface area contributed by atoms with Crippen molar-refractivity contribution in [2.45, 2.75) is 43.8 Å². The summed E-state index contributed by atoms with van der Waals surface area (Å²) in [6, 6.07) is 10.2. The number of piperidine rings is 1. The molecule has 2 fully saturated rings. The third-order valence-electron chi connectivity index (χ3n) is 4.06. The first kappa shape index (κ1) is 12.9. The molecule has 0 aliphatic carbocycles. The van der Waals surface area contributed by atoms with E-state index < -0.39 is 0 Å². The molecule has 2 aliphatic rings. The van der Waals surface area contributed by atoms with E-state index in [0.29, 0.717) is 23.3 Å². The van der Waals surface area contributed by atoms with Crippen LogP contribution in [0, 0.1) is 11.3 Å². The topological polar surface area (TPSA) is 77.0 Å². The third kappa shape index (κ3) is 2.91. The molecule has 0 radical (unpaired) electrons. The molecule has 5 heteroatoms. The van der Waals surface area contributed by atoms with Crippen molar-refractivity contribution in [3.63, 3.8) is 0 Å². The first-order chi connectivity index (χ1) is 9.72. The van der Waals surface area contributed by atoms with Crippen LogP contribution in [0.3, 0.4) is 0 Å². The van der Waals surface area contributed by atoms with Crippen molar-refractivity contribution in [3.05, 3.63) is 29.8 Å². The number of fused-ring (bicyclic) bond motifs is 2. The molecule has 2 unspecified atom stereocenters. The van der Waals surface area contributed by atoms with E-state index >= 15 is 0 Å². The van der Waals surface area contributed by atoms with E-state index in [0.717, 1.165) is 12.8 Å². The number of hydrogen-bond acceptors (Lipinski definition) is 3. The van der Waals surface area contributed by atoms with Gasteiger partial charge in [0.2, 0.25) is 0 Å². The average molecular weight is 270 g/mol. The first-order valence-electron chi connectivity index (χ1n) is 7.06. The van der Waals surface area contributed by atoms with Crippen molar-refractivity contribution in [1.29, 1.82) is 5.26 Å². The van der Waals surface area contributed by atoms with E-state index in [-0.39, 0.29) is 12.1 Å². The number of carbonyl (C=O) groups excluding carboxylic acids is 1. The van der Waals surface area contributed by atoms with E-state index in [1.165, 1.54) is 12.8 Å². The van der Waals surface area contributed by atoms with Gasteiger partial charge in [0.1, 0.15) is 0 Å². The van der Waals surface area contributed by atoms with Crippen LogP contribution in [0.4, 0.5) is 10.5 Å². The molecular weight excluding hydrogens is 252 g/mol. The van der Waals surface area contributed by atoms with Crippen molar-refractivity contribution < 1.29 is 4.79 Å². The lowest BCUT2D eigenvalue weighted by molar-refractivity contribution is 0.240. The van der Waals surface area contributed by atoms with Gasteiger partial charge in [-0.05, 0) is 43.9 Å². The summed E-state index contributed by atoms with van der Waals surface area (Å²) in [5, 5.41) is 18.2. The highest BCUT2D eigenvalue weighted by molar-refractivity contribution is 5.89. The molecule has 0 spiro atoms. The number of amides is 2. The fraction of sp³-hybridized carbons (Fsp3) is 0.467. The number of nitriles is 1. The van der Waals surface area contributed by atoms with Crippen molar-refractivity contribution >= 4 is 11.7 Å². The Morgan fingerprint density at radius 1 is 1.30 bits per heavy atom. The number of urea groups is 1. The van der Waals surface area contributed by atoms with Crippen LogP contribution in [0.5, 0.6) is 0 Å². The Bertz CT molecular complexity index is 539. The normalized spacial score (nSPS) is 27.6. The molecule has 3 N–H and O–H groups in total. The molecule has 1 aromatic rings. The zero-order valence-corrected chi connectivity index (χ0v) is 11.2. The number of nitrogens with one attached hydrogen (secondary N) is 3. The first-order valence-corrected chi connectivity index (χ1v) is 7.06. The molecule has 1 aromatic carbocycles. The number of benzene rings is 1. The minimum absolute atomic E-state index is 0.189. The molecule has 0 saturated carbocycles. The molecule has 2 bridgehead atoms. The van der Waals surface area contributed by atoms with Crippen LogP contribution < -0.4 is 16.0 Å². The molecule has 104 valence electrons. The van der Waals surface area contributed by atoms with Gasteiger partial charge in [0.05, 0.1) is 11.6 Å². The average Bonchev–Trinajstić information content (AvgIpc) is 2.78. The number of anilines is 1. The summed E-state index contributed by atoms with van der Waals surface area (Å²) in [4.78, 5) is 12.0. The van der Waals surface area contributed by atoms with Gasteiger partial charge in [-0.2, -0.15) is 5.26 Å². The van der Waals surface area contributed by atoms with Crippen LogP contribution in [-0.2, 0) is 0 Å². The molecule has 3 rings (SSSR count). The minimum atomic E-state index is -0.189. The number of hydrogen-bond donors (Lipinski definition) is 3. The van der Waals surface area contributed by atoms with Gasteiger partial charge in [0.25, 0.3) is 0 Å². The highest BCUT2D eigenvalue weighted by Gasteiger charge is 2.33. The van der Waals surface area contributed by atoms with Gasteiger partial charge < -0.3 is 16.0 Å². The molecule has 2 aliphatic heterocycles. The standard InChI is InChI=1S/C15H18N4O/c16-9-10-2-1-3-11(6-10)18-15(20)19-14-7-12-4-5-13(8-14)17-12/h1-3,6,12-14,17H,4-5,7-8H2,(H2,18,19,20). The lowest BCUT2D eigenvalue weighted by Gasteiger charge is -2.29. The molecule has 2 amide bonds. The molecule has 20 heavy (non-hydrogen) atoms. The third-order valence-corrected chi connectivity index (χ3v) is 4.06. The predicted octanol–water partition coefficient (Wildman–Crippen LogP) is 1.96. The van der Waals surface area contributed by atoms with Crippen LogP contribution in [0.2, 0.25) is 0 Å². The van der Waals surface area contributed by atoms with E-state index in [9.17, 15) is 4.79 Å². The summed E-state index contributed by atoms with van der Waals surface area (Å²) in [6.45, 7) is 0. The van der Waals surface area contributed by atoms with Crippen LogP contribution in [0.1, 0.15) is 31.2 Å². The van der Waals surface area contributed by atoms with E-state index in [1.807, 2.05) is 0 Å². The van der Waals surface area contributed by atoms with Crippen LogP contribution >= 0.6 is 0 Å². The SMILES string of the molecule is N#Cc1cccc(NC(=O)NC2CC3CCC(C2)N3)c1. The van der Waals surface area contributed by atoms with Gasteiger partial charge in [0, 0.05) is 23.8 Å². The predicted molar refractivity (Wildman–Crippen MR) is 76.3 cm³/mol. The Hall–Kier alpha value is -2.06. The van der Waals surface area contributed by atoms with Crippen molar-refractivity contribution in [2.24, 2.45) is 0 Å². The quantitative estimate of drug-likeness (QED) is 0.769. The Kier molecular flexibility index (Phi) is 3.57. The molecular formula is C15H18N4O. The smallest absolute Gasteiger partial charge is 0.319 e. The highest BCUT2D eigenvalue weighted by atomic mass is 16.2. The van der Waals surface area contributed by atoms with Crippen molar-refractivity contribution in [2.75, 3.05) is 5.32 Å². The lowest BCUT2D eigenvalue weighted by Crippen LogP contribution is -2.49. The molecule has 2 saturated heterocycles. The van der Waals surface area contributed by atoms with Crippen LogP contribution in [-0.4, -0.2) is 24.2 Å². The Morgan fingerprint density at radius 3 is 2.75 bits per heavy atom. The maximum absolute atomic E-state index is 12.0. The maximum Gasteiger partial charge on any atom is 0.319 e. The fourth-order valence-corrected chi connectivity index (χ4v) is 3.19. The van der Waals surface area contributed by atoms with E-state index in [4.69, 9.17) is 5.26 Å². The summed E-state index contributed by atoms with van der Waals surface area (Å²) < 4.78 is 0. The number of carbonyl (C=O) groups is 1. The summed E-state index contributed by atoms with van der Waals surface area (Å²) in [5.41, 5.74) is 1.20. The fourth-order valence-electron chi connectivity index (χ4n) is 3.19. The maximum atomic E-state index is 12.0. The highest BCUT2D eigenvalue weighted by Crippen LogP contribution is 2.26. The zero-order chi connectivity index (χ0) is 13.9. The van der Waals surface area contributed by atoms with Gasteiger partial charge in [0.15, 0.2) is 0 Å².